The number of hydrogen-bond donors (Lipinski definition) is 0. The zero-order valence-corrected chi connectivity index (χ0v) is 29.1. The van der Waals surface area contributed by atoms with Gasteiger partial charge in [-0.3, -0.25) is 4.57 Å². The van der Waals surface area contributed by atoms with E-state index < -0.39 is 0 Å². The molecule has 0 atom stereocenters. The minimum atomic E-state index is 0.813. The third-order valence-electron chi connectivity index (χ3n) is 11.3. The molecule has 0 spiro atoms. The summed E-state index contributed by atoms with van der Waals surface area (Å²) < 4.78 is 4.86. The number of aromatic nitrogens is 4. The number of para-hydroxylation sites is 5. The largest absolute Gasteiger partial charge is 0.308 e. The molecule has 0 saturated carbocycles. The second kappa shape index (κ2) is 11.1. The summed E-state index contributed by atoms with van der Waals surface area (Å²) in [6, 6.07) is 65.3. The van der Waals surface area contributed by atoms with Crippen molar-refractivity contribution in [2.75, 3.05) is 0 Å². The van der Waals surface area contributed by atoms with E-state index >= 15 is 0 Å². The molecule has 8 aromatic carbocycles. The van der Waals surface area contributed by atoms with Gasteiger partial charge in [-0.15, -0.1) is 0 Å². The molecule has 12 rings (SSSR count). The molecule has 0 aliphatic carbocycles. The Morgan fingerprint density at radius 3 is 1.74 bits per heavy atom. The van der Waals surface area contributed by atoms with Crippen LogP contribution >= 0.6 is 0 Å². The molecular formula is C50H30N4. The Kier molecular flexibility index (Phi) is 6.02. The number of nitrogens with zero attached hydrogens (tertiary/aromatic N) is 4. The van der Waals surface area contributed by atoms with Crippen molar-refractivity contribution < 1.29 is 0 Å². The Balaban J connectivity index is 1.25. The maximum atomic E-state index is 5.48. The number of fused-ring (bicyclic) bond motifs is 13. The molecule has 0 saturated heterocycles. The minimum Gasteiger partial charge on any atom is -0.308 e. The van der Waals surface area contributed by atoms with Crippen LogP contribution in [0.25, 0.3) is 111 Å². The van der Waals surface area contributed by atoms with E-state index in [9.17, 15) is 0 Å². The van der Waals surface area contributed by atoms with E-state index in [1.54, 1.807) is 0 Å². The summed E-state index contributed by atoms with van der Waals surface area (Å²) in [5, 5.41) is 4.83. The summed E-state index contributed by atoms with van der Waals surface area (Å²) in [5.41, 5.74) is 16.7. The average molecular weight is 687 g/mol. The summed E-state index contributed by atoms with van der Waals surface area (Å²) in [4.78, 5) is 10.9. The Hall–Kier alpha value is -7.30. The van der Waals surface area contributed by atoms with Crippen LogP contribution in [0.5, 0.6) is 0 Å². The Morgan fingerprint density at radius 1 is 0.370 bits per heavy atom. The van der Waals surface area contributed by atoms with E-state index in [-0.39, 0.29) is 0 Å². The highest BCUT2D eigenvalue weighted by molar-refractivity contribution is 6.28. The molecule has 3 aromatic heterocycles. The molecule has 0 unspecified atom stereocenters. The third-order valence-corrected chi connectivity index (χ3v) is 11.3. The Bertz CT molecular complexity index is 3310. The second-order valence-electron chi connectivity index (χ2n) is 14.1. The van der Waals surface area contributed by atoms with E-state index in [0.29, 0.717) is 0 Å². The van der Waals surface area contributed by atoms with Crippen molar-refractivity contribution in [3.63, 3.8) is 0 Å². The van der Waals surface area contributed by atoms with E-state index in [1.807, 2.05) is 12.1 Å². The molecule has 0 fully saturated rings. The topological polar surface area (TPSA) is 35.6 Å². The van der Waals surface area contributed by atoms with Crippen LogP contribution in [0, 0.1) is 0 Å². The van der Waals surface area contributed by atoms with E-state index in [0.717, 1.165) is 39.1 Å². The molecule has 0 radical (unpaired) electrons. The first kappa shape index (κ1) is 29.3. The highest BCUT2D eigenvalue weighted by atomic mass is 15.1. The first-order valence-corrected chi connectivity index (χ1v) is 18.4. The molecule has 54 heavy (non-hydrogen) atoms. The highest BCUT2D eigenvalue weighted by Crippen LogP contribution is 2.51. The summed E-state index contributed by atoms with van der Waals surface area (Å²) >= 11 is 0. The summed E-state index contributed by atoms with van der Waals surface area (Å²) in [5.74, 6) is 0.813. The zero-order valence-electron chi connectivity index (χ0n) is 29.1. The van der Waals surface area contributed by atoms with E-state index in [4.69, 9.17) is 9.97 Å². The molecule has 4 heteroatoms. The second-order valence-corrected chi connectivity index (χ2v) is 14.1. The van der Waals surface area contributed by atoms with Crippen LogP contribution in [0.2, 0.25) is 0 Å². The fourth-order valence-electron chi connectivity index (χ4n) is 8.94. The van der Waals surface area contributed by atoms with Crippen LogP contribution < -0.4 is 0 Å². The molecule has 1 aliphatic heterocycles. The van der Waals surface area contributed by atoms with Crippen molar-refractivity contribution in [1.29, 1.82) is 0 Å². The average Bonchev–Trinajstić information content (AvgIpc) is 3.71. The summed E-state index contributed by atoms with van der Waals surface area (Å²) in [7, 11) is 0. The molecule has 1 aliphatic rings. The SMILES string of the molecule is c1ccc(-c2ccc(-c3nc4ccccc4nc3-n3c4ccccc4c4c5c6c(cc43)c3ccccc3n6-c3ccccc3-c3ccccc3-5)cc2)cc1. The molecule has 0 bridgehead atoms. The quantitative estimate of drug-likeness (QED) is 0.185. The van der Waals surface area contributed by atoms with Crippen LogP contribution in [0.4, 0.5) is 0 Å². The predicted octanol–water partition coefficient (Wildman–Crippen LogP) is 12.8. The molecule has 4 heterocycles. The van der Waals surface area contributed by atoms with Crippen molar-refractivity contribution >= 4 is 54.6 Å². The van der Waals surface area contributed by atoms with Gasteiger partial charge in [0.2, 0.25) is 0 Å². The lowest BCUT2D eigenvalue weighted by Gasteiger charge is -2.15. The minimum absolute atomic E-state index is 0.813. The molecule has 11 aromatic rings. The van der Waals surface area contributed by atoms with E-state index in [1.165, 1.54) is 71.6 Å². The number of hydrogen-bond acceptors (Lipinski definition) is 2. The highest BCUT2D eigenvalue weighted by Gasteiger charge is 2.29. The molecule has 0 N–H and O–H groups in total. The first-order valence-electron chi connectivity index (χ1n) is 18.4. The maximum Gasteiger partial charge on any atom is 0.165 e. The van der Waals surface area contributed by atoms with Crippen molar-refractivity contribution in [1.82, 2.24) is 19.1 Å². The van der Waals surface area contributed by atoms with Gasteiger partial charge in [0.05, 0.1) is 38.8 Å². The van der Waals surface area contributed by atoms with Gasteiger partial charge in [0.15, 0.2) is 5.82 Å². The van der Waals surface area contributed by atoms with Crippen molar-refractivity contribution in [2.45, 2.75) is 0 Å². The lowest BCUT2D eigenvalue weighted by Crippen LogP contribution is -2.04. The van der Waals surface area contributed by atoms with Crippen molar-refractivity contribution in [3.05, 3.63) is 182 Å². The number of benzene rings is 8. The molecule has 0 amide bonds. The van der Waals surface area contributed by atoms with Crippen molar-refractivity contribution in [3.8, 4) is 56.1 Å². The lowest BCUT2D eigenvalue weighted by atomic mass is 9.91. The number of rotatable bonds is 3. The van der Waals surface area contributed by atoms with Gasteiger partial charge in [0.1, 0.15) is 5.69 Å². The van der Waals surface area contributed by atoms with Gasteiger partial charge in [-0.05, 0) is 58.7 Å². The summed E-state index contributed by atoms with van der Waals surface area (Å²) in [6.45, 7) is 0. The first-order chi connectivity index (χ1) is 26.8. The van der Waals surface area contributed by atoms with Crippen molar-refractivity contribution in [2.24, 2.45) is 0 Å². The van der Waals surface area contributed by atoms with Gasteiger partial charge in [0, 0.05) is 38.2 Å². The van der Waals surface area contributed by atoms with Gasteiger partial charge in [0.25, 0.3) is 0 Å². The van der Waals surface area contributed by atoms with Crippen LogP contribution in [0.3, 0.4) is 0 Å². The van der Waals surface area contributed by atoms with Gasteiger partial charge in [-0.25, -0.2) is 9.97 Å². The zero-order chi connectivity index (χ0) is 35.3. The fourth-order valence-corrected chi connectivity index (χ4v) is 8.94. The monoisotopic (exact) mass is 686 g/mol. The smallest absolute Gasteiger partial charge is 0.165 e. The molecular weight excluding hydrogens is 657 g/mol. The van der Waals surface area contributed by atoms with Crippen LogP contribution in [-0.4, -0.2) is 19.1 Å². The maximum absolute atomic E-state index is 5.48. The van der Waals surface area contributed by atoms with Gasteiger partial charge < -0.3 is 4.57 Å². The Morgan fingerprint density at radius 2 is 0.944 bits per heavy atom. The Labute approximate surface area is 310 Å². The predicted molar refractivity (Wildman–Crippen MR) is 224 cm³/mol. The lowest BCUT2D eigenvalue weighted by molar-refractivity contribution is 1.08. The van der Waals surface area contributed by atoms with Crippen LogP contribution in [0.15, 0.2) is 182 Å². The van der Waals surface area contributed by atoms with Gasteiger partial charge >= 0.3 is 0 Å². The third kappa shape index (κ3) is 4.02. The fraction of sp³-hybridized carbons (Fsp3) is 0. The molecule has 250 valence electrons. The van der Waals surface area contributed by atoms with Crippen LogP contribution in [0.1, 0.15) is 0 Å². The standard InChI is InChI=1S/C50H30N4/c1-2-14-31(15-3-1)32-26-28-33(29-27-32)48-50(52-41-22-10-9-21-40(41)51-48)54-44-25-13-8-20-38(44)46-45(54)30-39-36-18-7-12-24-43(36)53-42-23-11-6-17-35(42)34-16-4-5-19-37(34)47(46)49(39)53/h1-30H. The molecule has 4 nitrogen and oxygen atoms in total. The normalized spacial score (nSPS) is 12.1. The van der Waals surface area contributed by atoms with Gasteiger partial charge in [-0.2, -0.15) is 0 Å². The van der Waals surface area contributed by atoms with E-state index in [2.05, 4.69) is 179 Å². The summed E-state index contributed by atoms with van der Waals surface area (Å²) in [6.07, 6.45) is 0. The van der Waals surface area contributed by atoms with Crippen LogP contribution in [-0.2, 0) is 0 Å². The van der Waals surface area contributed by atoms with Gasteiger partial charge in [-0.1, -0.05) is 146 Å².